The minimum absolute atomic E-state index is 0.0505. The monoisotopic (exact) mass is 770 g/mol. The molecule has 1 aliphatic rings. The normalized spacial score (nSPS) is 15.5. The molecule has 1 fully saturated rings. The van der Waals surface area contributed by atoms with Crippen LogP contribution in [0.25, 0.3) is 10.8 Å². The lowest BCUT2D eigenvalue weighted by molar-refractivity contribution is -0.161. The molecule has 0 heterocycles. The van der Waals surface area contributed by atoms with Crippen molar-refractivity contribution in [3.63, 3.8) is 0 Å². The highest BCUT2D eigenvalue weighted by atomic mass is 16.5. The van der Waals surface area contributed by atoms with E-state index in [-0.39, 0.29) is 18.1 Å². The number of esters is 1. The minimum atomic E-state index is -0.495. The van der Waals surface area contributed by atoms with Crippen LogP contribution in [-0.4, -0.2) is 31.2 Å². The summed E-state index contributed by atoms with van der Waals surface area (Å²) in [5, 5.41) is 6.23. The molecule has 0 amide bonds. The maximum atomic E-state index is 13.2. The van der Waals surface area contributed by atoms with Gasteiger partial charge >= 0.3 is 5.97 Å². The van der Waals surface area contributed by atoms with Gasteiger partial charge in [0.25, 0.3) is 0 Å². The second-order valence-electron chi connectivity index (χ2n) is 16.4. The molecule has 5 heteroatoms. The summed E-state index contributed by atoms with van der Waals surface area (Å²) in [5.41, 5.74) is 8.85. The van der Waals surface area contributed by atoms with Gasteiger partial charge in [0.15, 0.2) is 0 Å². The maximum Gasteiger partial charge on any atom is 0.311 e. The standard InChI is InChI=1S/C53H60N3O2/c1-6-37-55(41-19-11-9-12-20-41)43-31-27-39(28-32-43)51(40-29-33-44(34-30-40)56(38-7-2)42-21-13-10-14-22-42)47-35-36-48(46-24-16-15-23-45(46)47)54-49-25-17-18-26-50(49)58-52(57)53(4,5)8-3/h9-16,19-24,27-36,49-50,54H,6-8,17-18,25-26,37-38H2,1-5H3/q+1. The fourth-order valence-electron chi connectivity index (χ4n) is 8.26. The van der Waals surface area contributed by atoms with Crippen LogP contribution in [0.15, 0.2) is 146 Å². The smallest absolute Gasteiger partial charge is 0.311 e. The molecule has 2 unspecified atom stereocenters. The van der Waals surface area contributed by atoms with Gasteiger partial charge in [-0.2, -0.15) is 0 Å². The van der Waals surface area contributed by atoms with Crippen molar-refractivity contribution >= 4 is 45.2 Å². The Hall–Kier alpha value is -5.68. The third-order valence-corrected chi connectivity index (χ3v) is 11.9. The summed E-state index contributed by atoms with van der Waals surface area (Å²) in [7, 11) is 0. The highest BCUT2D eigenvalue weighted by Crippen LogP contribution is 2.41. The molecule has 298 valence electrons. The van der Waals surface area contributed by atoms with Crippen LogP contribution >= 0.6 is 0 Å². The van der Waals surface area contributed by atoms with Gasteiger partial charge in [-0.05, 0) is 149 Å². The lowest BCUT2D eigenvalue weighted by Crippen LogP contribution is -2.42. The van der Waals surface area contributed by atoms with E-state index in [1.54, 1.807) is 0 Å². The highest BCUT2D eigenvalue weighted by Gasteiger charge is 2.35. The van der Waals surface area contributed by atoms with Crippen LogP contribution in [-0.2, 0) is 9.53 Å². The Balaban J connectivity index is 1.28. The zero-order chi connectivity index (χ0) is 40.5. The Bertz CT molecular complexity index is 2120. The second-order valence-corrected chi connectivity index (χ2v) is 16.4. The molecule has 6 aromatic carbocycles. The molecular weight excluding hydrogens is 711 g/mol. The Morgan fingerprint density at radius 2 is 1.10 bits per heavy atom. The molecule has 0 radical (unpaired) electrons. The van der Waals surface area contributed by atoms with Crippen molar-refractivity contribution in [2.75, 3.05) is 28.2 Å². The van der Waals surface area contributed by atoms with Gasteiger partial charge in [0, 0.05) is 35.2 Å². The van der Waals surface area contributed by atoms with E-state index in [1.807, 2.05) is 13.8 Å². The second kappa shape index (κ2) is 18.7. The van der Waals surface area contributed by atoms with E-state index in [1.165, 1.54) is 39.6 Å². The average molecular weight is 771 g/mol. The summed E-state index contributed by atoms with van der Waals surface area (Å²) >= 11 is 0. The number of benzene rings is 6. The van der Waals surface area contributed by atoms with E-state index in [2.05, 4.69) is 181 Å². The van der Waals surface area contributed by atoms with Gasteiger partial charge < -0.3 is 19.9 Å². The van der Waals surface area contributed by atoms with Gasteiger partial charge in [-0.3, -0.25) is 4.79 Å². The first kappa shape index (κ1) is 40.5. The number of anilines is 5. The van der Waals surface area contributed by atoms with Crippen LogP contribution in [0.1, 0.15) is 96.3 Å². The molecule has 58 heavy (non-hydrogen) atoms. The summed E-state index contributed by atoms with van der Waals surface area (Å²) < 4.78 is 6.25. The van der Waals surface area contributed by atoms with Crippen LogP contribution < -0.4 is 15.1 Å². The Kier molecular flexibility index (Phi) is 13.1. The van der Waals surface area contributed by atoms with E-state index in [4.69, 9.17) is 4.74 Å². The molecule has 0 aromatic heterocycles. The fourth-order valence-corrected chi connectivity index (χ4v) is 8.26. The summed E-state index contributed by atoms with van der Waals surface area (Å²) in [5.74, 6) is 1.09. The Labute approximate surface area is 347 Å². The Morgan fingerprint density at radius 1 is 0.621 bits per heavy atom. The first-order valence-corrected chi connectivity index (χ1v) is 21.5. The molecule has 0 saturated heterocycles. The van der Waals surface area contributed by atoms with Crippen molar-refractivity contribution < 1.29 is 9.53 Å². The summed E-state index contributed by atoms with van der Waals surface area (Å²) in [6, 6.07) is 52.9. The van der Waals surface area contributed by atoms with Crippen LogP contribution in [0.5, 0.6) is 0 Å². The van der Waals surface area contributed by atoms with Crippen molar-refractivity contribution in [3.05, 3.63) is 168 Å². The molecule has 2 atom stereocenters. The molecular formula is C53H60N3O2+. The van der Waals surface area contributed by atoms with Crippen molar-refractivity contribution in [1.29, 1.82) is 0 Å². The van der Waals surface area contributed by atoms with E-state index in [0.717, 1.165) is 80.2 Å². The number of carbonyl (C=O) groups is 1. The fraction of sp³-hybridized carbons (Fsp3) is 0.321. The number of hydrogen-bond acceptors (Lipinski definition) is 5. The lowest BCUT2D eigenvalue weighted by atomic mass is 9.82. The lowest BCUT2D eigenvalue weighted by Gasteiger charge is -2.35. The van der Waals surface area contributed by atoms with Crippen molar-refractivity contribution in [3.8, 4) is 0 Å². The van der Waals surface area contributed by atoms with Gasteiger partial charge in [0.05, 0.1) is 51.1 Å². The zero-order valence-corrected chi connectivity index (χ0v) is 35.1. The van der Waals surface area contributed by atoms with E-state index in [0.29, 0.717) is 0 Å². The molecule has 1 aliphatic carbocycles. The van der Waals surface area contributed by atoms with Gasteiger partial charge in [0.2, 0.25) is 0 Å². The number of ether oxygens (including phenoxy) is 1. The predicted octanol–water partition coefficient (Wildman–Crippen LogP) is 13.7. The van der Waals surface area contributed by atoms with Crippen LogP contribution in [0, 0.1) is 11.3 Å². The predicted molar refractivity (Wildman–Crippen MR) is 245 cm³/mol. The molecule has 0 spiro atoms. The first-order chi connectivity index (χ1) is 28.3. The van der Waals surface area contributed by atoms with Gasteiger partial charge in [-0.25, -0.2) is 0 Å². The van der Waals surface area contributed by atoms with Crippen molar-refractivity contribution in [1.82, 2.24) is 0 Å². The van der Waals surface area contributed by atoms with Crippen LogP contribution in [0.2, 0.25) is 0 Å². The van der Waals surface area contributed by atoms with Crippen molar-refractivity contribution in [2.24, 2.45) is 5.41 Å². The van der Waals surface area contributed by atoms with Gasteiger partial charge in [-0.1, -0.05) is 75.7 Å². The van der Waals surface area contributed by atoms with Crippen LogP contribution in [0.3, 0.4) is 0 Å². The topological polar surface area (TPSA) is 44.8 Å². The minimum Gasteiger partial charge on any atom is -0.460 e. The summed E-state index contributed by atoms with van der Waals surface area (Å²) in [6.07, 6.45) is 6.72. The number of nitrogens with one attached hydrogen (secondary N) is 1. The molecule has 7 rings (SSSR count). The average Bonchev–Trinajstić information content (AvgIpc) is 3.27. The molecule has 6 aromatic rings. The summed E-state index contributed by atoms with van der Waals surface area (Å²) in [4.78, 5) is 18.0. The van der Waals surface area contributed by atoms with E-state index >= 15 is 0 Å². The molecule has 0 bridgehead atoms. The number of nitrogens with zero attached hydrogens (tertiary/aromatic N) is 2. The van der Waals surface area contributed by atoms with Gasteiger partial charge in [-0.15, -0.1) is 0 Å². The SMILES string of the molecule is CCCN(c1ccccc1)c1ccc([C+](c2ccc(N(CCC)c3ccccc3)cc2)c2ccc(NC3CCCCC3OC(=O)C(C)(C)CC)c3ccccc23)cc1. The van der Waals surface area contributed by atoms with E-state index < -0.39 is 5.41 Å². The third-order valence-electron chi connectivity index (χ3n) is 11.9. The molecule has 1 saturated carbocycles. The van der Waals surface area contributed by atoms with Crippen LogP contribution in [0.4, 0.5) is 28.4 Å². The highest BCUT2D eigenvalue weighted by molar-refractivity contribution is 5.98. The molecule has 5 nitrogen and oxygen atoms in total. The zero-order valence-electron chi connectivity index (χ0n) is 35.1. The molecule has 1 N–H and O–H groups in total. The number of fused-ring (bicyclic) bond motifs is 1. The number of rotatable bonds is 16. The number of hydrogen-bond donors (Lipinski definition) is 1. The quantitative estimate of drug-likeness (QED) is 0.0603. The largest absolute Gasteiger partial charge is 0.460 e. The maximum absolute atomic E-state index is 13.2. The van der Waals surface area contributed by atoms with Crippen molar-refractivity contribution in [2.45, 2.75) is 91.7 Å². The van der Waals surface area contributed by atoms with E-state index in [9.17, 15) is 4.79 Å². The first-order valence-electron chi connectivity index (χ1n) is 21.5. The third kappa shape index (κ3) is 9.05. The number of carbonyl (C=O) groups excluding carboxylic acids is 1. The number of para-hydroxylation sites is 2. The Morgan fingerprint density at radius 3 is 1.62 bits per heavy atom. The summed E-state index contributed by atoms with van der Waals surface area (Å²) in [6.45, 7) is 12.4. The molecule has 0 aliphatic heterocycles. The van der Waals surface area contributed by atoms with Gasteiger partial charge in [0.1, 0.15) is 6.10 Å².